The Labute approximate surface area is 297 Å². The molecule has 9 atom stereocenters. The first-order valence-electron chi connectivity index (χ1n) is 17.3. The molecular formula is C39H44O12. The van der Waals surface area contributed by atoms with Gasteiger partial charge in [0.15, 0.2) is 24.2 Å². The summed E-state index contributed by atoms with van der Waals surface area (Å²) in [5.41, 5.74) is 1.68. The van der Waals surface area contributed by atoms with Gasteiger partial charge in [-0.15, -0.1) is 0 Å². The molecule has 12 nitrogen and oxygen atoms in total. The van der Waals surface area contributed by atoms with Gasteiger partial charge in [-0.2, -0.15) is 0 Å². The first kappa shape index (κ1) is 35.7. The van der Waals surface area contributed by atoms with Crippen LogP contribution in [0, 0.1) is 0 Å². The Morgan fingerprint density at radius 2 is 1.24 bits per heavy atom. The fraction of sp³-hybridized carbons (Fsp3) is 0.487. The molecular weight excluding hydrogens is 660 g/mol. The van der Waals surface area contributed by atoms with Crippen molar-refractivity contribution in [1.82, 2.24) is 0 Å². The summed E-state index contributed by atoms with van der Waals surface area (Å²) in [7, 11) is 0. The molecule has 0 saturated carbocycles. The van der Waals surface area contributed by atoms with Crippen LogP contribution in [0.5, 0.6) is 0 Å². The van der Waals surface area contributed by atoms with Crippen LogP contribution in [-0.2, 0) is 54.0 Å². The second-order valence-electron chi connectivity index (χ2n) is 13.9. The molecule has 0 bridgehead atoms. The van der Waals surface area contributed by atoms with E-state index in [2.05, 4.69) is 0 Å². The summed E-state index contributed by atoms with van der Waals surface area (Å²) in [6.07, 6.45) is -6.03. The molecule has 0 N–H and O–H groups in total. The molecule has 4 fully saturated rings. The Morgan fingerprint density at radius 1 is 0.647 bits per heavy atom. The van der Waals surface area contributed by atoms with Crippen LogP contribution in [-0.4, -0.2) is 92.0 Å². The second kappa shape index (κ2) is 15.1. The van der Waals surface area contributed by atoms with Gasteiger partial charge in [-0.3, -0.25) is 0 Å². The summed E-state index contributed by atoms with van der Waals surface area (Å²) in [5.74, 6) is -2.80. The normalized spacial score (nSPS) is 32.0. The maximum absolute atomic E-state index is 13.4. The average Bonchev–Trinajstić information content (AvgIpc) is 3.63. The molecule has 4 aliphatic heterocycles. The van der Waals surface area contributed by atoms with E-state index >= 15 is 0 Å². The molecule has 4 heterocycles. The second-order valence-corrected chi connectivity index (χ2v) is 13.9. The molecule has 4 saturated heterocycles. The zero-order chi connectivity index (χ0) is 35.6. The van der Waals surface area contributed by atoms with Crippen molar-refractivity contribution in [3.63, 3.8) is 0 Å². The van der Waals surface area contributed by atoms with Gasteiger partial charge in [-0.25, -0.2) is 9.59 Å². The van der Waals surface area contributed by atoms with Gasteiger partial charge in [0, 0.05) is 6.42 Å². The molecule has 3 aromatic rings. The van der Waals surface area contributed by atoms with Gasteiger partial charge in [-0.05, 0) is 57.5 Å². The van der Waals surface area contributed by atoms with E-state index in [0.29, 0.717) is 11.1 Å². The van der Waals surface area contributed by atoms with Crippen molar-refractivity contribution in [2.75, 3.05) is 13.2 Å². The quantitative estimate of drug-likeness (QED) is 0.244. The number of carbonyl (C=O) groups excluding carboxylic acids is 2. The van der Waals surface area contributed by atoms with Gasteiger partial charge in [-0.1, -0.05) is 66.7 Å². The van der Waals surface area contributed by atoms with Crippen molar-refractivity contribution in [3.05, 3.63) is 108 Å². The van der Waals surface area contributed by atoms with E-state index in [9.17, 15) is 9.59 Å². The van der Waals surface area contributed by atoms with E-state index in [1.165, 1.54) is 0 Å². The van der Waals surface area contributed by atoms with Crippen molar-refractivity contribution in [2.24, 2.45) is 0 Å². The smallest absolute Gasteiger partial charge is 0.338 e. The van der Waals surface area contributed by atoms with Crippen LogP contribution in [0.3, 0.4) is 0 Å². The first-order valence-corrected chi connectivity index (χ1v) is 17.3. The van der Waals surface area contributed by atoms with E-state index < -0.39 is 78.8 Å². The van der Waals surface area contributed by atoms with Crippen molar-refractivity contribution < 1.29 is 57.0 Å². The number of ether oxygens (including phenoxy) is 10. The van der Waals surface area contributed by atoms with E-state index in [1.807, 2.05) is 70.2 Å². The van der Waals surface area contributed by atoms with Crippen molar-refractivity contribution >= 4 is 11.9 Å². The Bertz CT molecular complexity index is 1620. The van der Waals surface area contributed by atoms with Crippen LogP contribution in [0.2, 0.25) is 0 Å². The summed E-state index contributed by atoms with van der Waals surface area (Å²) < 4.78 is 62.2. The van der Waals surface area contributed by atoms with Crippen molar-refractivity contribution in [3.8, 4) is 0 Å². The van der Waals surface area contributed by atoms with Gasteiger partial charge in [0.05, 0.1) is 24.3 Å². The maximum Gasteiger partial charge on any atom is 0.338 e. The molecule has 51 heavy (non-hydrogen) atoms. The number of fused-ring (bicyclic) bond motifs is 3. The molecule has 0 aliphatic carbocycles. The number of hydrogen-bond donors (Lipinski definition) is 0. The fourth-order valence-electron chi connectivity index (χ4n) is 6.85. The number of carbonyl (C=O) groups is 2. The zero-order valence-electron chi connectivity index (χ0n) is 29.1. The van der Waals surface area contributed by atoms with E-state index in [0.717, 1.165) is 5.56 Å². The highest BCUT2D eigenvalue weighted by Gasteiger charge is 2.61. The van der Waals surface area contributed by atoms with Crippen molar-refractivity contribution in [2.45, 2.75) is 108 Å². The van der Waals surface area contributed by atoms with Crippen LogP contribution in [0.15, 0.2) is 91.0 Å². The largest absolute Gasteiger partial charge is 0.459 e. The number of esters is 2. The number of hydrogen-bond acceptors (Lipinski definition) is 12. The molecule has 7 rings (SSSR count). The third kappa shape index (κ3) is 8.51. The molecule has 0 spiro atoms. The maximum atomic E-state index is 13.4. The predicted octanol–water partition coefficient (Wildman–Crippen LogP) is 5.18. The highest BCUT2D eigenvalue weighted by molar-refractivity contribution is 5.89. The minimum atomic E-state index is -0.900. The van der Waals surface area contributed by atoms with Crippen LogP contribution < -0.4 is 0 Å². The highest BCUT2D eigenvalue weighted by Crippen LogP contribution is 2.44. The Balaban J connectivity index is 1.11. The lowest BCUT2D eigenvalue weighted by Crippen LogP contribution is -2.57. The minimum Gasteiger partial charge on any atom is -0.459 e. The lowest BCUT2D eigenvalue weighted by atomic mass is 9.99. The molecule has 0 aromatic heterocycles. The van der Waals surface area contributed by atoms with E-state index in [1.54, 1.807) is 48.5 Å². The van der Waals surface area contributed by atoms with Gasteiger partial charge in [0.2, 0.25) is 0 Å². The van der Waals surface area contributed by atoms with Gasteiger partial charge < -0.3 is 47.4 Å². The molecule has 4 aliphatic rings. The zero-order valence-corrected chi connectivity index (χ0v) is 29.1. The Hall–Kier alpha value is -3.72. The van der Waals surface area contributed by atoms with Gasteiger partial charge in [0.1, 0.15) is 49.3 Å². The highest BCUT2D eigenvalue weighted by atomic mass is 16.9. The molecule has 12 heteroatoms. The van der Waals surface area contributed by atoms with Gasteiger partial charge in [0.25, 0.3) is 0 Å². The topological polar surface area (TPSA) is 126 Å². The summed E-state index contributed by atoms with van der Waals surface area (Å²) >= 11 is 0. The monoisotopic (exact) mass is 704 g/mol. The van der Waals surface area contributed by atoms with Crippen LogP contribution in [0.1, 0.15) is 60.4 Å². The fourth-order valence-corrected chi connectivity index (χ4v) is 6.85. The SMILES string of the molecule is CC1(C)O[C@H]2[C@@H](O1)[C@@H](CO[C@H]1C[C@H](OC(=O)c3ccccc3)[C@H](OCc3ccccc3)[C@@H](COC(=O)c3ccccc3)O1)O[C@@H]1OC(C)(C)O[C@@H]12. The van der Waals surface area contributed by atoms with Crippen LogP contribution >= 0.6 is 0 Å². The summed E-state index contributed by atoms with van der Waals surface area (Å²) in [4.78, 5) is 26.5. The van der Waals surface area contributed by atoms with Gasteiger partial charge >= 0.3 is 11.9 Å². The molecule has 3 aromatic carbocycles. The third-order valence-electron chi connectivity index (χ3n) is 9.12. The van der Waals surface area contributed by atoms with Crippen LogP contribution in [0.4, 0.5) is 0 Å². The lowest BCUT2D eigenvalue weighted by molar-refractivity contribution is -0.289. The number of benzene rings is 3. The molecule has 0 radical (unpaired) electrons. The summed E-state index contributed by atoms with van der Waals surface area (Å²) in [6, 6.07) is 27.0. The minimum absolute atomic E-state index is 0.0314. The first-order chi connectivity index (χ1) is 24.5. The Kier molecular flexibility index (Phi) is 10.6. The molecule has 272 valence electrons. The van der Waals surface area contributed by atoms with Crippen molar-refractivity contribution in [1.29, 1.82) is 0 Å². The summed E-state index contributed by atoms with van der Waals surface area (Å²) in [5, 5.41) is 0. The standard InChI is InChI=1S/C39H44O12/c1-38(2)48-32-29(47-37-34(33(32)49-38)50-39(3,4)51-37)22-42-30-20-27(46-36(41)26-18-12-7-13-19-26)31(43-21-24-14-8-5-9-15-24)28(45-30)23-44-35(40)25-16-10-6-11-17-25/h5-19,27-34,37H,20-23H2,1-4H3/t27-,28+,29+,30+,31-,32-,33-,34+,37+/m0/s1. The average molecular weight is 705 g/mol. The van der Waals surface area contributed by atoms with Crippen LogP contribution in [0.25, 0.3) is 0 Å². The van der Waals surface area contributed by atoms with E-state index in [-0.39, 0.29) is 26.2 Å². The van der Waals surface area contributed by atoms with E-state index in [4.69, 9.17) is 47.4 Å². The lowest BCUT2D eigenvalue weighted by Gasteiger charge is -2.42. The molecule has 0 amide bonds. The number of rotatable bonds is 11. The third-order valence-corrected chi connectivity index (χ3v) is 9.12. The molecule has 0 unspecified atom stereocenters. The summed E-state index contributed by atoms with van der Waals surface area (Å²) in [6.45, 7) is 7.37. The Morgan fingerprint density at radius 3 is 1.92 bits per heavy atom. The predicted molar refractivity (Wildman–Crippen MR) is 179 cm³/mol.